The molecule has 2 unspecified atom stereocenters. The summed E-state index contributed by atoms with van der Waals surface area (Å²) in [6.45, 7) is 0. The van der Waals surface area contributed by atoms with E-state index in [2.05, 4.69) is 0 Å². The van der Waals surface area contributed by atoms with E-state index in [1.807, 2.05) is 0 Å². The summed E-state index contributed by atoms with van der Waals surface area (Å²) in [6, 6.07) is 10.1. The van der Waals surface area contributed by atoms with Gasteiger partial charge in [-0.15, -0.1) is 0 Å². The molecule has 116 valence electrons. The van der Waals surface area contributed by atoms with E-state index in [0.717, 1.165) is 0 Å². The first-order valence-electron chi connectivity index (χ1n) is 7.14. The van der Waals surface area contributed by atoms with E-state index in [1.165, 1.54) is 0 Å². The number of carboxylic acid groups (broad SMARTS) is 2. The molecule has 2 aliphatic rings. The molecule has 2 aromatic rings. The number of carboxylic acids is 2. The third-order valence-corrected chi connectivity index (χ3v) is 5.16. The molecule has 4 bridgehead atoms. The fourth-order valence-corrected chi connectivity index (χ4v) is 4.31. The zero-order valence-electron chi connectivity index (χ0n) is 12.0. The van der Waals surface area contributed by atoms with Crippen molar-refractivity contribution in [3.63, 3.8) is 0 Å². The number of nitrogens with two attached hydrogens (primary N) is 2. The molecule has 0 aliphatic heterocycles. The number of carbonyl (C=O) groups is 2. The molecule has 0 amide bonds. The van der Waals surface area contributed by atoms with Crippen LogP contribution < -0.4 is 11.5 Å². The zero-order chi connectivity index (χ0) is 16.5. The molecule has 0 saturated heterocycles. The monoisotopic (exact) mass is 310 g/mol. The Hall–Kier alpha value is -3.02. The zero-order valence-corrected chi connectivity index (χ0v) is 12.0. The third-order valence-electron chi connectivity index (χ3n) is 5.16. The highest BCUT2D eigenvalue weighted by molar-refractivity contribution is 5.93. The minimum atomic E-state index is -1.20. The Labute approximate surface area is 131 Å². The van der Waals surface area contributed by atoms with Gasteiger partial charge in [0.25, 0.3) is 0 Å². The number of benzene rings is 2. The second-order valence-corrected chi connectivity index (χ2v) is 6.10. The van der Waals surface area contributed by atoms with Crippen molar-refractivity contribution >= 4 is 23.3 Å². The normalized spacial score (nSPS) is 26.6. The van der Waals surface area contributed by atoms with Gasteiger partial charge in [0, 0.05) is 11.4 Å². The van der Waals surface area contributed by atoms with Gasteiger partial charge in [-0.1, -0.05) is 24.3 Å². The maximum Gasteiger partial charge on any atom is 0.312 e. The Morgan fingerprint density at radius 1 is 0.826 bits per heavy atom. The van der Waals surface area contributed by atoms with Crippen LogP contribution in [0.25, 0.3) is 0 Å². The number of aliphatic carboxylic acids is 2. The SMILES string of the molecule is Nc1ccc2cc1C(C(=O)O)C21c2ccc(N)c(c2)C1C(=O)O. The molecule has 2 aliphatic carbocycles. The molecular formula is C17H14N2O4. The molecule has 2 aromatic carbocycles. The first kappa shape index (κ1) is 13.6. The highest BCUT2D eigenvalue weighted by Crippen LogP contribution is 2.63. The van der Waals surface area contributed by atoms with E-state index in [-0.39, 0.29) is 0 Å². The molecule has 1 spiro atoms. The van der Waals surface area contributed by atoms with Crippen molar-refractivity contribution < 1.29 is 19.8 Å². The van der Waals surface area contributed by atoms with Crippen LogP contribution >= 0.6 is 0 Å². The van der Waals surface area contributed by atoms with Crippen molar-refractivity contribution in [2.75, 3.05) is 11.5 Å². The summed E-state index contributed by atoms with van der Waals surface area (Å²) in [5, 5.41) is 19.7. The van der Waals surface area contributed by atoms with Gasteiger partial charge in [-0.2, -0.15) is 0 Å². The minimum Gasteiger partial charge on any atom is -0.481 e. The summed E-state index contributed by atoms with van der Waals surface area (Å²) >= 11 is 0. The number of nitrogen functional groups attached to an aromatic ring is 2. The van der Waals surface area contributed by atoms with Gasteiger partial charge in [0.05, 0.1) is 17.3 Å². The topological polar surface area (TPSA) is 127 Å². The lowest BCUT2D eigenvalue weighted by molar-refractivity contribution is -0.143. The predicted molar refractivity (Wildman–Crippen MR) is 83.2 cm³/mol. The van der Waals surface area contributed by atoms with Crippen molar-refractivity contribution in [1.29, 1.82) is 0 Å². The van der Waals surface area contributed by atoms with Gasteiger partial charge in [0.15, 0.2) is 0 Å². The first-order valence-corrected chi connectivity index (χ1v) is 7.14. The van der Waals surface area contributed by atoms with Gasteiger partial charge in [-0.05, 0) is 34.4 Å². The Morgan fingerprint density at radius 2 is 1.22 bits per heavy atom. The van der Waals surface area contributed by atoms with E-state index < -0.39 is 29.2 Å². The van der Waals surface area contributed by atoms with E-state index in [4.69, 9.17) is 11.5 Å². The summed E-state index contributed by atoms with van der Waals surface area (Å²) in [7, 11) is 0. The van der Waals surface area contributed by atoms with Gasteiger partial charge in [0.2, 0.25) is 0 Å². The summed E-state index contributed by atoms with van der Waals surface area (Å²) in [5.74, 6) is -4.28. The third kappa shape index (κ3) is 1.38. The van der Waals surface area contributed by atoms with E-state index in [9.17, 15) is 19.8 Å². The van der Waals surface area contributed by atoms with E-state index >= 15 is 0 Å². The van der Waals surface area contributed by atoms with Crippen LogP contribution in [0.4, 0.5) is 11.4 Å². The molecule has 0 fully saturated rings. The van der Waals surface area contributed by atoms with Crippen molar-refractivity contribution in [3.8, 4) is 0 Å². The fourth-order valence-electron chi connectivity index (χ4n) is 4.31. The molecule has 4 rings (SSSR count). The van der Waals surface area contributed by atoms with Gasteiger partial charge in [-0.3, -0.25) is 9.59 Å². The minimum absolute atomic E-state index is 0.357. The lowest BCUT2D eigenvalue weighted by Crippen LogP contribution is -2.41. The molecular weight excluding hydrogens is 296 g/mol. The Morgan fingerprint density at radius 3 is 1.57 bits per heavy atom. The van der Waals surface area contributed by atoms with Gasteiger partial charge in [-0.25, -0.2) is 0 Å². The predicted octanol–water partition coefficient (Wildman–Crippen LogP) is 1.50. The van der Waals surface area contributed by atoms with Crippen molar-refractivity contribution in [3.05, 3.63) is 58.7 Å². The fraction of sp³-hybridized carbons (Fsp3) is 0.176. The summed E-state index contributed by atoms with van der Waals surface area (Å²) < 4.78 is 0. The smallest absolute Gasteiger partial charge is 0.312 e. The Bertz CT molecular complexity index is 817. The van der Waals surface area contributed by atoms with Gasteiger partial charge in [0.1, 0.15) is 0 Å². The summed E-state index contributed by atoms with van der Waals surface area (Å²) in [6.07, 6.45) is 0. The standard InChI is InChI=1S/C17H14N2O4/c18-11-3-1-7-5-9(11)13(15(20)21)17(7)8-2-4-12(19)10(6-8)14(17)16(22)23/h1-6,13-14H,18-19H2,(H,20,21)(H,22,23). The quantitative estimate of drug-likeness (QED) is 0.623. The van der Waals surface area contributed by atoms with E-state index in [1.54, 1.807) is 36.4 Å². The lowest BCUT2D eigenvalue weighted by Gasteiger charge is -2.35. The number of rotatable bonds is 2. The highest BCUT2D eigenvalue weighted by Gasteiger charge is 2.62. The molecule has 0 heterocycles. The van der Waals surface area contributed by atoms with Crippen LogP contribution in [0.3, 0.4) is 0 Å². The van der Waals surface area contributed by atoms with Gasteiger partial charge >= 0.3 is 11.9 Å². The molecule has 0 radical (unpaired) electrons. The Kier molecular flexibility index (Phi) is 2.39. The van der Waals surface area contributed by atoms with Crippen LogP contribution in [0.15, 0.2) is 36.4 Å². The number of hydrogen-bond acceptors (Lipinski definition) is 4. The van der Waals surface area contributed by atoms with Crippen molar-refractivity contribution in [2.45, 2.75) is 17.3 Å². The average molecular weight is 310 g/mol. The van der Waals surface area contributed by atoms with Crippen LogP contribution in [0.2, 0.25) is 0 Å². The first-order chi connectivity index (χ1) is 10.9. The lowest BCUT2D eigenvalue weighted by atomic mass is 9.64. The van der Waals surface area contributed by atoms with Crippen molar-refractivity contribution in [2.24, 2.45) is 0 Å². The number of hydrogen-bond donors (Lipinski definition) is 4. The van der Waals surface area contributed by atoms with Gasteiger partial charge < -0.3 is 21.7 Å². The summed E-state index contributed by atoms with van der Waals surface area (Å²) in [4.78, 5) is 24.1. The van der Waals surface area contributed by atoms with Crippen LogP contribution in [-0.4, -0.2) is 22.2 Å². The molecule has 0 aromatic heterocycles. The maximum atomic E-state index is 12.0. The second-order valence-electron chi connectivity index (χ2n) is 6.10. The van der Waals surface area contributed by atoms with Crippen LogP contribution in [0, 0.1) is 0 Å². The largest absolute Gasteiger partial charge is 0.481 e. The molecule has 23 heavy (non-hydrogen) atoms. The van der Waals surface area contributed by atoms with Crippen LogP contribution in [0.1, 0.15) is 34.1 Å². The molecule has 2 atom stereocenters. The number of anilines is 2. The second kappa shape index (κ2) is 4.04. The highest BCUT2D eigenvalue weighted by atomic mass is 16.4. The molecule has 6 heteroatoms. The van der Waals surface area contributed by atoms with Crippen LogP contribution in [0.5, 0.6) is 0 Å². The number of fused-ring (bicyclic) bond motifs is 6. The molecule has 0 saturated carbocycles. The maximum absolute atomic E-state index is 12.0. The van der Waals surface area contributed by atoms with E-state index in [0.29, 0.717) is 33.6 Å². The molecule has 6 N–H and O–H groups in total. The molecule has 6 nitrogen and oxygen atoms in total. The average Bonchev–Trinajstić information content (AvgIpc) is 2.92. The van der Waals surface area contributed by atoms with Crippen LogP contribution in [-0.2, 0) is 15.0 Å². The summed E-state index contributed by atoms with van der Waals surface area (Å²) in [5.41, 5.74) is 13.6. The van der Waals surface area contributed by atoms with Crippen molar-refractivity contribution in [1.82, 2.24) is 0 Å². The Balaban J connectivity index is 2.09.